The maximum atomic E-state index is 7.98. The highest BCUT2D eigenvalue weighted by molar-refractivity contribution is 6.54. The van der Waals surface area contributed by atoms with Crippen molar-refractivity contribution < 1.29 is 0 Å². The second-order valence-electron chi connectivity index (χ2n) is 15.3. The van der Waals surface area contributed by atoms with Gasteiger partial charge in [0, 0.05) is 87.1 Å². The monoisotopic (exact) mass is 874 g/mol. The fraction of sp³-hybridized carbons (Fsp3) is 0. The smallest absolute Gasteiger partial charge is 0.0576 e. The van der Waals surface area contributed by atoms with Crippen molar-refractivity contribution in [3.8, 4) is 22.3 Å². The average molecular weight is 877 g/mol. The Kier molecular flexibility index (Phi) is 9.75. The van der Waals surface area contributed by atoms with Gasteiger partial charge in [0.2, 0.25) is 0 Å². The molecule has 0 amide bonds. The van der Waals surface area contributed by atoms with Gasteiger partial charge in [-0.3, -0.25) is 0 Å². The van der Waals surface area contributed by atoms with Crippen LogP contribution in [-0.4, -0.2) is 0 Å². The van der Waals surface area contributed by atoms with Crippen molar-refractivity contribution in [1.82, 2.24) is 0 Å². The number of benzene rings is 11. The van der Waals surface area contributed by atoms with Crippen LogP contribution in [0, 0.1) is 0 Å². The van der Waals surface area contributed by atoms with Gasteiger partial charge in [0.15, 0.2) is 0 Å². The number of hydrogen-bond donors (Lipinski definition) is 0. The van der Waals surface area contributed by atoms with Crippen molar-refractivity contribution in [2.45, 2.75) is 0 Å². The number of para-hydroxylation sites is 4. The van der Waals surface area contributed by atoms with Crippen LogP contribution in [0.15, 0.2) is 206 Å². The molecule has 0 spiro atoms. The maximum Gasteiger partial charge on any atom is 0.0576 e. The number of nitrogens with zero attached hydrogens (tertiary/aromatic N) is 2. The molecular formula is C56H34Cl4N2. The summed E-state index contributed by atoms with van der Waals surface area (Å²) in [6, 6.07) is 71.2. The molecule has 2 nitrogen and oxygen atoms in total. The lowest BCUT2D eigenvalue weighted by Gasteiger charge is -2.27. The fourth-order valence-corrected chi connectivity index (χ4v) is 10.3. The Labute approximate surface area is 379 Å². The minimum absolute atomic E-state index is 0.589. The van der Waals surface area contributed by atoms with Gasteiger partial charge in [0.25, 0.3) is 0 Å². The lowest BCUT2D eigenvalue weighted by molar-refractivity contribution is 1.28. The minimum atomic E-state index is 0.589. The van der Waals surface area contributed by atoms with Crippen molar-refractivity contribution in [3.63, 3.8) is 0 Å². The Morgan fingerprint density at radius 3 is 1.02 bits per heavy atom. The molecular weight excluding hydrogens is 842 g/mol. The van der Waals surface area contributed by atoms with Crippen LogP contribution in [0.5, 0.6) is 0 Å². The van der Waals surface area contributed by atoms with E-state index in [4.69, 9.17) is 46.4 Å². The van der Waals surface area contributed by atoms with E-state index in [-0.39, 0.29) is 0 Å². The molecule has 0 aliphatic rings. The van der Waals surface area contributed by atoms with E-state index in [9.17, 15) is 0 Å². The van der Waals surface area contributed by atoms with Crippen LogP contribution < -0.4 is 9.80 Å². The number of fused-ring (bicyclic) bond motifs is 2. The zero-order valence-electron chi connectivity index (χ0n) is 33.0. The summed E-state index contributed by atoms with van der Waals surface area (Å²) in [5.74, 6) is 0. The number of hydrogen-bond acceptors (Lipinski definition) is 2. The summed E-state index contributed by atoms with van der Waals surface area (Å²) >= 11 is 29.6. The predicted molar refractivity (Wildman–Crippen MR) is 268 cm³/mol. The third-order valence-electron chi connectivity index (χ3n) is 11.8. The van der Waals surface area contributed by atoms with Crippen molar-refractivity contribution >= 4 is 124 Å². The van der Waals surface area contributed by atoms with E-state index in [1.807, 2.05) is 54.6 Å². The normalized spacial score (nSPS) is 11.5. The van der Waals surface area contributed by atoms with E-state index in [0.717, 1.165) is 99.5 Å². The van der Waals surface area contributed by atoms with Crippen LogP contribution in [0.1, 0.15) is 0 Å². The van der Waals surface area contributed by atoms with Crippen LogP contribution in [0.2, 0.25) is 20.1 Å². The predicted octanol–water partition coefficient (Wildman–Crippen LogP) is 18.6. The maximum absolute atomic E-state index is 7.98. The largest absolute Gasteiger partial charge is 0.311 e. The van der Waals surface area contributed by atoms with Crippen LogP contribution in [0.4, 0.5) is 34.1 Å². The minimum Gasteiger partial charge on any atom is -0.311 e. The van der Waals surface area contributed by atoms with Crippen LogP contribution in [0.3, 0.4) is 0 Å². The van der Waals surface area contributed by atoms with Crippen molar-refractivity contribution in [2.24, 2.45) is 0 Å². The summed E-state index contributed by atoms with van der Waals surface area (Å²) < 4.78 is 0. The third kappa shape index (κ3) is 6.34. The molecule has 11 aromatic carbocycles. The van der Waals surface area contributed by atoms with Crippen molar-refractivity contribution in [1.29, 1.82) is 0 Å². The third-order valence-corrected chi connectivity index (χ3v) is 13.2. The molecule has 0 unspecified atom stereocenters. The Morgan fingerprint density at radius 1 is 0.258 bits per heavy atom. The summed E-state index contributed by atoms with van der Waals surface area (Å²) in [5.41, 5.74) is 10.1. The fourth-order valence-electron chi connectivity index (χ4n) is 9.19. The molecule has 6 heteroatoms. The molecule has 0 aliphatic carbocycles. The summed E-state index contributed by atoms with van der Waals surface area (Å²) in [6.07, 6.45) is 0. The molecule has 0 heterocycles. The van der Waals surface area contributed by atoms with Crippen LogP contribution in [0.25, 0.3) is 65.3 Å². The van der Waals surface area contributed by atoms with Gasteiger partial charge in [0.1, 0.15) is 0 Å². The first-order chi connectivity index (χ1) is 30.5. The summed E-state index contributed by atoms with van der Waals surface area (Å²) in [4.78, 5) is 4.52. The summed E-state index contributed by atoms with van der Waals surface area (Å²) in [6.45, 7) is 0. The van der Waals surface area contributed by atoms with Gasteiger partial charge in [0.05, 0.1) is 5.02 Å². The van der Waals surface area contributed by atoms with Gasteiger partial charge in [-0.25, -0.2) is 0 Å². The Morgan fingerprint density at radius 2 is 0.597 bits per heavy atom. The first-order valence-corrected chi connectivity index (χ1v) is 21.9. The van der Waals surface area contributed by atoms with Gasteiger partial charge in [-0.1, -0.05) is 162 Å². The van der Waals surface area contributed by atoms with Crippen molar-refractivity contribution in [3.05, 3.63) is 226 Å². The van der Waals surface area contributed by atoms with E-state index in [1.165, 1.54) is 0 Å². The molecule has 0 N–H and O–H groups in total. The quantitative estimate of drug-likeness (QED) is 0.111. The zero-order chi connectivity index (χ0) is 41.9. The van der Waals surface area contributed by atoms with Gasteiger partial charge >= 0.3 is 0 Å². The van der Waals surface area contributed by atoms with E-state index < -0.39 is 0 Å². The van der Waals surface area contributed by atoms with Gasteiger partial charge < -0.3 is 9.80 Å². The molecule has 0 fully saturated rings. The number of halogens is 4. The van der Waals surface area contributed by atoms with Crippen LogP contribution >= 0.6 is 46.4 Å². The standard InChI is InChI=1S/C56H34Cl4N2/c57-45-32-25-36-26-33-46(58)53-49(36)52(45)54-47(59)34-31-44-48(35-21-27-42(28-22-35)61(38-13-5-1-6-14-38)39-15-7-2-8-16-39)50(56(60)55(53)51(44)54)37-23-29-43(30-24-37)62(40-17-9-3-10-18-40)41-19-11-4-12-20-41/h1-34H. The average Bonchev–Trinajstić information content (AvgIpc) is 3.32. The molecule has 62 heavy (non-hydrogen) atoms. The van der Waals surface area contributed by atoms with E-state index in [0.29, 0.717) is 20.1 Å². The molecule has 0 saturated carbocycles. The molecule has 11 aromatic rings. The summed E-state index contributed by atoms with van der Waals surface area (Å²) in [7, 11) is 0. The molecule has 0 atom stereocenters. The van der Waals surface area contributed by atoms with Gasteiger partial charge in [-0.05, 0) is 118 Å². The molecule has 0 aromatic heterocycles. The van der Waals surface area contributed by atoms with Gasteiger partial charge in [-0.15, -0.1) is 0 Å². The Balaban J connectivity index is 1.19. The molecule has 11 rings (SSSR count). The number of rotatable bonds is 8. The number of anilines is 6. The molecule has 0 aliphatic heterocycles. The Hall–Kier alpha value is -6.52. The van der Waals surface area contributed by atoms with Gasteiger partial charge in [-0.2, -0.15) is 0 Å². The van der Waals surface area contributed by atoms with Crippen molar-refractivity contribution in [2.75, 3.05) is 9.80 Å². The Bertz CT molecular complexity index is 3330. The first kappa shape index (κ1) is 38.4. The SMILES string of the molecule is Clc1ccc2ccc(Cl)c3c4c(Cl)c(-c5ccc(N(c6ccccc6)c6ccccc6)cc5)c(-c5ccc(N(c6ccccc6)c6ccccc6)cc5)c5ccc(Cl)c(c1c23)c54. The topological polar surface area (TPSA) is 6.48 Å². The van der Waals surface area contributed by atoms with E-state index in [2.05, 4.69) is 161 Å². The lowest BCUT2D eigenvalue weighted by Crippen LogP contribution is -2.09. The second kappa shape index (κ2) is 15.7. The van der Waals surface area contributed by atoms with Crippen LogP contribution in [-0.2, 0) is 0 Å². The van der Waals surface area contributed by atoms with E-state index >= 15 is 0 Å². The highest BCUT2D eigenvalue weighted by Crippen LogP contribution is 2.55. The summed E-state index contributed by atoms with van der Waals surface area (Å²) in [5, 5.41) is 9.66. The highest BCUT2D eigenvalue weighted by atomic mass is 35.5. The highest BCUT2D eigenvalue weighted by Gasteiger charge is 2.27. The van der Waals surface area contributed by atoms with E-state index in [1.54, 1.807) is 0 Å². The molecule has 0 radical (unpaired) electrons. The second-order valence-corrected chi connectivity index (χ2v) is 16.9. The first-order valence-electron chi connectivity index (χ1n) is 20.4. The molecule has 0 saturated heterocycles. The zero-order valence-corrected chi connectivity index (χ0v) is 36.1. The molecule has 296 valence electrons. The molecule has 0 bridgehead atoms. The lowest BCUT2D eigenvalue weighted by atomic mass is 9.83.